The second-order valence-electron chi connectivity index (χ2n) is 7.53. The first-order chi connectivity index (χ1) is 15.0. The quantitative estimate of drug-likeness (QED) is 0.334. The summed E-state index contributed by atoms with van der Waals surface area (Å²) in [5, 5.41) is 9.42. The number of hydrogen-bond acceptors (Lipinski definition) is 2. The van der Waals surface area contributed by atoms with Crippen LogP contribution in [0.4, 0.5) is 0 Å². The first-order valence-electron chi connectivity index (χ1n) is 10.2. The Kier molecular flexibility index (Phi) is 5.54. The van der Waals surface area contributed by atoms with E-state index in [-0.39, 0.29) is 5.57 Å². The van der Waals surface area contributed by atoms with Crippen molar-refractivity contribution < 1.29 is 9.90 Å². The summed E-state index contributed by atoms with van der Waals surface area (Å²) in [6, 6.07) is 30.9. The van der Waals surface area contributed by atoms with Gasteiger partial charge in [0, 0.05) is 11.8 Å². The van der Waals surface area contributed by atoms with Gasteiger partial charge in [0.2, 0.25) is 0 Å². The number of carboxylic acids is 1. The van der Waals surface area contributed by atoms with E-state index in [1.54, 1.807) is 20.2 Å². The maximum atomic E-state index is 11.5. The SMILES string of the molecule is C/C(C(=O)O)=C(/C)c1cn(C(c2ccccc2)(c2ccccc2)c2ccccc2)cn1. The van der Waals surface area contributed by atoms with Crippen LogP contribution in [0.25, 0.3) is 5.57 Å². The normalized spacial score (nSPS) is 12.3. The molecule has 0 atom stereocenters. The van der Waals surface area contributed by atoms with Gasteiger partial charge in [-0.25, -0.2) is 9.78 Å². The highest BCUT2D eigenvalue weighted by molar-refractivity contribution is 5.94. The van der Waals surface area contributed by atoms with E-state index in [1.807, 2.05) is 60.8 Å². The predicted octanol–water partition coefficient (Wildman–Crippen LogP) is 5.60. The summed E-state index contributed by atoms with van der Waals surface area (Å²) in [7, 11) is 0. The highest BCUT2D eigenvalue weighted by atomic mass is 16.4. The molecule has 0 aliphatic rings. The Bertz CT molecular complexity index is 1110. The highest BCUT2D eigenvalue weighted by Gasteiger charge is 2.38. The van der Waals surface area contributed by atoms with Gasteiger partial charge >= 0.3 is 5.97 Å². The van der Waals surface area contributed by atoms with Crippen LogP contribution in [0.3, 0.4) is 0 Å². The molecule has 0 saturated carbocycles. The fourth-order valence-electron chi connectivity index (χ4n) is 4.04. The first-order valence-corrected chi connectivity index (χ1v) is 10.2. The number of aliphatic carboxylic acids is 1. The number of rotatable bonds is 6. The molecule has 0 unspecified atom stereocenters. The molecule has 0 amide bonds. The molecule has 4 nitrogen and oxygen atoms in total. The molecule has 0 spiro atoms. The molecule has 4 heteroatoms. The van der Waals surface area contributed by atoms with Gasteiger partial charge in [-0.1, -0.05) is 91.0 Å². The lowest BCUT2D eigenvalue weighted by Crippen LogP contribution is -2.36. The van der Waals surface area contributed by atoms with Crippen molar-refractivity contribution in [2.24, 2.45) is 0 Å². The molecule has 0 radical (unpaired) electrons. The number of benzene rings is 3. The van der Waals surface area contributed by atoms with Gasteiger partial charge in [-0.3, -0.25) is 0 Å². The summed E-state index contributed by atoms with van der Waals surface area (Å²) < 4.78 is 2.08. The largest absolute Gasteiger partial charge is 0.478 e. The highest BCUT2D eigenvalue weighted by Crippen LogP contribution is 2.41. The second kappa shape index (κ2) is 8.44. The Hall–Kier alpha value is -3.92. The zero-order valence-corrected chi connectivity index (χ0v) is 17.6. The van der Waals surface area contributed by atoms with Crippen LogP contribution < -0.4 is 0 Å². The average molecular weight is 409 g/mol. The minimum absolute atomic E-state index is 0.287. The summed E-state index contributed by atoms with van der Waals surface area (Å²) in [6.45, 7) is 3.40. The zero-order chi connectivity index (χ0) is 21.8. The lowest BCUT2D eigenvalue weighted by atomic mass is 9.77. The maximum Gasteiger partial charge on any atom is 0.331 e. The third-order valence-corrected chi connectivity index (χ3v) is 5.81. The molecule has 0 saturated heterocycles. The predicted molar refractivity (Wildman–Crippen MR) is 123 cm³/mol. The first kappa shape index (κ1) is 20.4. The molecule has 3 aromatic carbocycles. The number of allylic oxidation sites excluding steroid dienone is 1. The van der Waals surface area contributed by atoms with Gasteiger partial charge in [-0.2, -0.15) is 0 Å². The Morgan fingerprint density at radius 2 is 1.19 bits per heavy atom. The fourth-order valence-corrected chi connectivity index (χ4v) is 4.04. The summed E-state index contributed by atoms with van der Waals surface area (Å²) in [6.07, 6.45) is 3.73. The van der Waals surface area contributed by atoms with Crippen molar-refractivity contribution in [1.29, 1.82) is 0 Å². The number of imidazole rings is 1. The van der Waals surface area contributed by atoms with Crippen molar-refractivity contribution in [3.05, 3.63) is 131 Å². The van der Waals surface area contributed by atoms with E-state index in [0.717, 1.165) is 16.7 Å². The Balaban J connectivity index is 2.05. The van der Waals surface area contributed by atoms with Crippen LogP contribution in [0.2, 0.25) is 0 Å². The molecule has 154 valence electrons. The summed E-state index contributed by atoms with van der Waals surface area (Å²) in [5.41, 5.74) is 4.19. The molecule has 1 N–H and O–H groups in total. The van der Waals surface area contributed by atoms with Gasteiger partial charge < -0.3 is 9.67 Å². The topological polar surface area (TPSA) is 55.1 Å². The van der Waals surface area contributed by atoms with Gasteiger partial charge in [0.05, 0.1) is 12.0 Å². The van der Waals surface area contributed by atoms with Gasteiger partial charge in [0.1, 0.15) is 5.54 Å². The standard InChI is InChI=1S/C27H24N2O2/c1-20(21(2)26(30)31)25-18-29(19-28-25)27(22-12-6-3-7-13-22,23-14-8-4-9-15-23)24-16-10-5-11-17-24/h3-19H,1-2H3,(H,30,31)/b21-20+. The van der Waals surface area contributed by atoms with Crippen molar-refractivity contribution >= 4 is 11.5 Å². The Morgan fingerprint density at radius 1 is 0.774 bits per heavy atom. The minimum atomic E-state index is -0.938. The van der Waals surface area contributed by atoms with Crippen molar-refractivity contribution in [3.8, 4) is 0 Å². The Morgan fingerprint density at radius 3 is 1.58 bits per heavy atom. The lowest BCUT2D eigenvalue weighted by molar-refractivity contribution is -0.132. The molecule has 4 aromatic rings. The van der Waals surface area contributed by atoms with Gasteiger partial charge in [0.25, 0.3) is 0 Å². The third-order valence-electron chi connectivity index (χ3n) is 5.81. The van der Waals surface area contributed by atoms with Crippen LogP contribution in [0, 0.1) is 0 Å². The van der Waals surface area contributed by atoms with Crippen molar-refractivity contribution in [1.82, 2.24) is 9.55 Å². The second-order valence-corrected chi connectivity index (χ2v) is 7.53. The van der Waals surface area contributed by atoms with Gasteiger partial charge in [0.15, 0.2) is 0 Å². The van der Waals surface area contributed by atoms with Crippen molar-refractivity contribution in [2.75, 3.05) is 0 Å². The van der Waals surface area contributed by atoms with E-state index in [1.165, 1.54) is 0 Å². The van der Waals surface area contributed by atoms with E-state index >= 15 is 0 Å². The van der Waals surface area contributed by atoms with Crippen molar-refractivity contribution in [3.63, 3.8) is 0 Å². The van der Waals surface area contributed by atoms with Crippen LogP contribution in [0.5, 0.6) is 0 Å². The van der Waals surface area contributed by atoms with Crippen LogP contribution in [0.15, 0.2) is 109 Å². The van der Waals surface area contributed by atoms with E-state index in [0.29, 0.717) is 11.3 Å². The third kappa shape index (κ3) is 3.57. The molecule has 0 aliphatic carbocycles. The van der Waals surface area contributed by atoms with E-state index in [9.17, 15) is 9.90 Å². The van der Waals surface area contributed by atoms with Crippen LogP contribution in [0.1, 0.15) is 36.2 Å². The molecule has 1 aromatic heterocycles. The summed E-state index contributed by atoms with van der Waals surface area (Å²) >= 11 is 0. The maximum absolute atomic E-state index is 11.5. The molecule has 31 heavy (non-hydrogen) atoms. The molecule has 1 heterocycles. The molecule has 0 bridgehead atoms. The fraction of sp³-hybridized carbons (Fsp3) is 0.111. The molecule has 0 fully saturated rings. The summed E-state index contributed by atoms with van der Waals surface area (Å²) in [5.74, 6) is -0.938. The Labute approximate surface area is 182 Å². The van der Waals surface area contributed by atoms with E-state index < -0.39 is 11.5 Å². The van der Waals surface area contributed by atoms with E-state index in [4.69, 9.17) is 0 Å². The van der Waals surface area contributed by atoms with Crippen LogP contribution in [-0.2, 0) is 10.3 Å². The van der Waals surface area contributed by atoms with Crippen molar-refractivity contribution in [2.45, 2.75) is 19.4 Å². The number of aromatic nitrogens is 2. The van der Waals surface area contributed by atoms with Gasteiger partial charge in [-0.15, -0.1) is 0 Å². The minimum Gasteiger partial charge on any atom is -0.478 e. The monoisotopic (exact) mass is 408 g/mol. The average Bonchev–Trinajstić information content (AvgIpc) is 3.31. The molecule has 0 aliphatic heterocycles. The number of nitrogens with zero attached hydrogens (tertiary/aromatic N) is 2. The molecular weight excluding hydrogens is 384 g/mol. The zero-order valence-electron chi connectivity index (χ0n) is 17.6. The number of carbonyl (C=O) groups is 1. The molecular formula is C27H24N2O2. The smallest absolute Gasteiger partial charge is 0.331 e. The van der Waals surface area contributed by atoms with Crippen LogP contribution in [-0.4, -0.2) is 20.6 Å². The number of carboxylic acid groups (broad SMARTS) is 1. The van der Waals surface area contributed by atoms with Gasteiger partial charge in [-0.05, 0) is 36.1 Å². The number of hydrogen-bond donors (Lipinski definition) is 1. The van der Waals surface area contributed by atoms with E-state index in [2.05, 4.69) is 45.9 Å². The lowest BCUT2D eigenvalue weighted by Gasteiger charge is -2.37. The van der Waals surface area contributed by atoms with Crippen LogP contribution >= 0.6 is 0 Å². The summed E-state index contributed by atoms with van der Waals surface area (Å²) in [4.78, 5) is 16.1. The molecule has 4 rings (SSSR count).